The van der Waals surface area contributed by atoms with Crippen molar-refractivity contribution in [1.29, 1.82) is 0 Å². The summed E-state index contributed by atoms with van der Waals surface area (Å²) in [4.78, 5) is 77.8. The molecule has 65 heavy (non-hydrogen) atoms. The van der Waals surface area contributed by atoms with Crippen molar-refractivity contribution >= 4 is 34.9 Å². The number of carbonyl (C=O) groups is 4. The standard InChI is InChI=1S/C48H53N9O8/c1-63-48(62)55-42(28-12-16-65-17-13-28)46(59)57-38-20-31(38)21-39(57)43-49-23-35(52-43)26-4-2-25(3-5-26)29-6-8-33-30(18-29)7-9-34(51-33)36-24-50-44(53-36)40-22-32-19-37(32)56(40)45(58)41(54-47(60)61)27-10-14-64-15-11-27/h2-9,18,23-24,27-28,31-32,37-42,54H,10-17,19-22H2,1H3,(H,49,52)(H,50,53)(H,55,62)(H,60,61)/t31-,32-,37-,38-,39+,40+,41+,42+/m1/s1. The highest BCUT2D eigenvalue weighted by Gasteiger charge is 2.58. The number of carbonyl (C=O) groups excluding carboxylic acids is 3. The normalized spacial score (nSPS) is 26.0. The van der Waals surface area contributed by atoms with Gasteiger partial charge >= 0.3 is 12.2 Å². The fourth-order valence-corrected chi connectivity index (χ4v) is 11.1. The summed E-state index contributed by atoms with van der Waals surface area (Å²) in [5.74, 6) is 1.85. The quantitative estimate of drug-likeness (QED) is 0.100. The van der Waals surface area contributed by atoms with Crippen LogP contribution in [0.2, 0.25) is 0 Å². The van der Waals surface area contributed by atoms with E-state index in [1.54, 1.807) is 6.20 Å². The summed E-state index contributed by atoms with van der Waals surface area (Å²) < 4.78 is 16.0. The minimum absolute atomic E-state index is 0.0270. The van der Waals surface area contributed by atoms with Gasteiger partial charge in [0.25, 0.3) is 0 Å². The second-order valence-electron chi connectivity index (χ2n) is 18.6. The fraction of sp³-hybridized carbons (Fsp3) is 0.479. The van der Waals surface area contributed by atoms with Crippen LogP contribution in [-0.2, 0) is 23.8 Å². The van der Waals surface area contributed by atoms with Gasteiger partial charge in [-0.2, -0.15) is 0 Å². The Bertz CT molecular complexity index is 2620. The van der Waals surface area contributed by atoms with Crippen LogP contribution in [0.5, 0.6) is 0 Å². The SMILES string of the molecule is COC(=O)N[C@H](C(=O)N1[C@@H]2C[C@@H]2C[C@H]1c1ncc(-c2ccc(-c3ccc4nc(-c5cnc([C@@H]6C[C@H]7C[C@H]7N6C(=O)[C@@H](NC(=O)O)C6CCOCC6)[nH]5)ccc4c3)cc2)[nH]1)C1CCOCC1. The van der Waals surface area contributed by atoms with Gasteiger partial charge in [-0.05, 0) is 110 Å². The van der Waals surface area contributed by atoms with Crippen LogP contribution in [0.4, 0.5) is 9.59 Å². The monoisotopic (exact) mass is 883 g/mol. The molecule has 2 aromatic carbocycles. The van der Waals surface area contributed by atoms with Gasteiger partial charge in [0, 0.05) is 43.9 Å². The number of aromatic amines is 2. The third-order valence-corrected chi connectivity index (χ3v) is 14.8. The lowest BCUT2D eigenvalue weighted by Gasteiger charge is -2.35. The molecule has 338 valence electrons. The maximum Gasteiger partial charge on any atom is 0.407 e. The predicted molar refractivity (Wildman–Crippen MR) is 236 cm³/mol. The van der Waals surface area contributed by atoms with Gasteiger partial charge < -0.3 is 49.7 Å². The fourth-order valence-electron chi connectivity index (χ4n) is 11.1. The molecular weight excluding hydrogens is 831 g/mol. The average molecular weight is 884 g/mol. The first-order valence-corrected chi connectivity index (χ1v) is 23.0. The van der Waals surface area contributed by atoms with Gasteiger partial charge in [-0.1, -0.05) is 36.4 Å². The number of piperidine rings is 2. The molecule has 0 radical (unpaired) electrons. The lowest BCUT2D eigenvalue weighted by atomic mass is 9.90. The number of nitrogens with zero attached hydrogens (tertiary/aromatic N) is 5. The number of pyridine rings is 1. The minimum Gasteiger partial charge on any atom is -0.465 e. The first-order chi connectivity index (χ1) is 31.7. The van der Waals surface area contributed by atoms with E-state index in [-0.39, 0.29) is 47.8 Å². The smallest absolute Gasteiger partial charge is 0.407 e. The number of amides is 4. The third kappa shape index (κ3) is 7.98. The Balaban J connectivity index is 0.768. The van der Waals surface area contributed by atoms with Gasteiger partial charge in [-0.25, -0.2) is 24.5 Å². The number of aromatic nitrogens is 5. The number of likely N-dealkylation sites (tertiary alicyclic amines) is 2. The average Bonchev–Trinajstić information content (AvgIpc) is 3.92. The number of benzene rings is 2. The Morgan fingerprint density at radius 3 is 1.82 bits per heavy atom. The van der Waals surface area contributed by atoms with Gasteiger partial charge in [-0.15, -0.1) is 0 Å². The molecule has 5 aromatic rings. The molecule has 7 heterocycles. The Morgan fingerprint density at radius 1 is 0.692 bits per heavy atom. The summed E-state index contributed by atoms with van der Waals surface area (Å²) in [6.07, 6.45) is 7.96. The highest BCUT2D eigenvalue weighted by Crippen LogP contribution is 2.55. The summed E-state index contributed by atoms with van der Waals surface area (Å²) in [5, 5.41) is 16.0. The molecule has 0 unspecified atom stereocenters. The molecule has 4 aliphatic heterocycles. The molecule has 6 aliphatic rings. The molecule has 3 aromatic heterocycles. The molecule has 0 bridgehead atoms. The highest BCUT2D eigenvalue weighted by atomic mass is 16.5. The Morgan fingerprint density at radius 2 is 1.23 bits per heavy atom. The van der Waals surface area contributed by atoms with E-state index in [4.69, 9.17) is 29.2 Å². The molecule has 2 saturated carbocycles. The van der Waals surface area contributed by atoms with Crippen LogP contribution in [0.15, 0.2) is 67.0 Å². The molecule has 17 heteroatoms. The number of H-pyrrole nitrogens is 2. The lowest BCUT2D eigenvalue weighted by Crippen LogP contribution is -2.54. The largest absolute Gasteiger partial charge is 0.465 e. The molecule has 4 saturated heterocycles. The van der Waals surface area contributed by atoms with E-state index in [1.165, 1.54) is 7.11 Å². The highest BCUT2D eigenvalue weighted by molar-refractivity contribution is 5.89. The summed E-state index contributed by atoms with van der Waals surface area (Å²) in [6, 6.07) is 16.8. The molecule has 5 N–H and O–H groups in total. The van der Waals surface area contributed by atoms with Crippen molar-refractivity contribution in [3.8, 4) is 33.8 Å². The number of hydrogen-bond donors (Lipinski definition) is 5. The Kier molecular flexibility index (Phi) is 10.8. The van der Waals surface area contributed by atoms with Crippen molar-refractivity contribution in [2.45, 2.75) is 87.6 Å². The second kappa shape index (κ2) is 16.9. The zero-order valence-corrected chi connectivity index (χ0v) is 36.2. The summed E-state index contributed by atoms with van der Waals surface area (Å²) in [6.45, 7) is 2.15. The maximum atomic E-state index is 14.2. The number of nitrogens with one attached hydrogen (secondary N) is 4. The number of carboxylic acid groups (broad SMARTS) is 1. The topological polar surface area (TPSA) is 217 Å². The van der Waals surface area contributed by atoms with Gasteiger partial charge in [0.1, 0.15) is 23.7 Å². The Hall–Kier alpha value is -6.33. The van der Waals surface area contributed by atoms with Crippen LogP contribution in [-0.4, -0.2) is 122 Å². The predicted octanol–water partition coefficient (Wildman–Crippen LogP) is 6.22. The van der Waals surface area contributed by atoms with Crippen LogP contribution in [0.3, 0.4) is 0 Å². The molecule has 17 nitrogen and oxygen atoms in total. The number of alkyl carbamates (subject to hydrolysis) is 1. The van der Waals surface area contributed by atoms with Gasteiger partial charge in [0.15, 0.2) is 0 Å². The Labute approximate surface area is 375 Å². The van der Waals surface area contributed by atoms with Crippen LogP contribution in [0.25, 0.3) is 44.7 Å². The van der Waals surface area contributed by atoms with E-state index in [2.05, 4.69) is 63.1 Å². The van der Waals surface area contributed by atoms with Crippen molar-refractivity contribution in [2.75, 3.05) is 33.5 Å². The van der Waals surface area contributed by atoms with Crippen molar-refractivity contribution in [3.63, 3.8) is 0 Å². The van der Waals surface area contributed by atoms with Crippen molar-refractivity contribution in [1.82, 2.24) is 45.4 Å². The molecule has 8 atom stereocenters. The number of ether oxygens (including phenoxy) is 3. The zero-order chi connectivity index (χ0) is 44.3. The van der Waals surface area contributed by atoms with E-state index in [0.717, 1.165) is 76.2 Å². The first-order valence-electron chi connectivity index (χ1n) is 23.0. The second-order valence-corrected chi connectivity index (χ2v) is 18.6. The van der Waals surface area contributed by atoms with Gasteiger partial charge in [0.2, 0.25) is 11.8 Å². The summed E-state index contributed by atoms with van der Waals surface area (Å²) in [7, 11) is 1.32. The number of imidazole rings is 2. The molecular formula is C48H53N9O8. The van der Waals surface area contributed by atoms with E-state index in [9.17, 15) is 24.3 Å². The van der Waals surface area contributed by atoms with Gasteiger partial charge in [-0.3, -0.25) is 9.59 Å². The molecule has 11 rings (SSSR count). The molecule has 0 spiro atoms. The summed E-state index contributed by atoms with van der Waals surface area (Å²) in [5.41, 5.74) is 6.26. The van der Waals surface area contributed by atoms with E-state index >= 15 is 0 Å². The van der Waals surface area contributed by atoms with Crippen LogP contribution in [0.1, 0.15) is 75.1 Å². The molecule has 2 aliphatic carbocycles. The minimum atomic E-state index is -1.20. The van der Waals surface area contributed by atoms with E-state index in [0.29, 0.717) is 69.8 Å². The first kappa shape index (κ1) is 41.4. The third-order valence-electron chi connectivity index (χ3n) is 14.8. The molecule has 4 amide bonds. The maximum absolute atomic E-state index is 14.2. The van der Waals surface area contributed by atoms with Crippen LogP contribution < -0.4 is 10.6 Å². The van der Waals surface area contributed by atoms with E-state index in [1.807, 2.05) is 28.1 Å². The van der Waals surface area contributed by atoms with Crippen molar-refractivity contribution in [2.24, 2.45) is 23.7 Å². The number of fused-ring (bicyclic) bond motifs is 3. The van der Waals surface area contributed by atoms with Crippen molar-refractivity contribution in [3.05, 3.63) is 78.6 Å². The summed E-state index contributed by atoms with van der Waals surface area (Å²) >= 11 is 0. The van der Waals surface area contributed by atoms with Gasteiger partial charge in [0.05, 0.1) is 54.2 Å². The number of methoxy groups -OCH3 is 1. The van der Waals surface area contributed by atoms with Crippen molar-refractivity contribution < 1.29 is 38.5 Å². The number of hydrogen-bond acceptors (Lipinski definition) is 10. The van der Waals surface area contributed by atoms with Crippen LogP contribution >= 0.6 is 0 Å². The van der Waals surface area contributed by atoms with E-state index < -0.39 is 24.3 Å². The zero-order valence-electron chi connectivity index (χ0n) is 36.2. The van der Waals surface area contributed by atoms with Crippen LogP contribution in [0, 0.1) is 23.7 Å². The molecule has 6 fully saturated rings. The number of rotatable bonds is 11. The lowest BCUT2D eigenvalue weighted by molar-refractivity contribution is -0.138.